The van der Waals surface area contributed by atoms with Crippen molar-refractivity contribution in [1.29, 1.82) is 0 Å². The van der Waals surface area contributed by atoms with Gasteiger partial charge >= 0.3 is 0 Å². The Morgan fingerprint density at radius 2 is 2.36 bits per heavy atom. The van der Waals surface area contributed by atoms with Crippen LogP contribution in [0.15, 0.2) is 12.7 Å². The van der Waals surface area contributed by atoms with Gasteiger partial charge in [0.25, 0.3) is 0 Å². The average Bonchev–Trinajstić information content (AvgIpc) is 2.97. The first kappa shape index (κ1) is 11.7. The molecule has 1 rings (SSSR count). The highest BCUT2D eigenvalue weighted by Gasteiger charge is 2.19. The van der Waals surface area contributed by atoms with Crippen molar-refractivity contribution in [2.75, 3.05) is 13.2 Å². The topological polar surface area (TPSA) is 21.3 Å². The Balaban J connectivity index is 1.81. The molecule has 82 valence electrons. The van der Waals surface area contributed by atoms with Gasteiger partial charge in [0, 0.05) is 6.04 Å². The summed E-state index contributed by atoms with van der Waals surface area (Å²) in [4.78, 5) is 0. The predicted molar refractivity (Wildman–Crippen MR) is 60.5 cm³/mol. The Morgan fingerprint density at radius 1 is 1.57 bits per heavy atom. The zero-order valence-corrected chi connectivity index (χ0v) is 9.30. The maximum atomic E-state index is 5.61. The molecule has 1 aliphatic carbocycles. The van der Waals surface area contributed by atoms with Gasteiger partial charge in [-0.05, 0) is 45.6 Å². The lowest BCUT2D eigenvalue weighted by Crippen LogP contribution is -2.19. The molecule has 1 atom stereocenters. The summed E-state index contributed by atoms with van der Waals surface area (Å²) in [5.41, 5.74) is 0. The first-order valence-corrected chi connectivity index (χ1v) is 5.79. The zero-order chi connectivity index (χ0) is 10.2. The molecule has 1 fully saturated rings. The van der Waals surface area contributed by atoms with E-state index in [4.69, 9.17) is 4.74 Å². The summed E-state index contributed by atoms with van der Waals surface area (Å²) >= 11 is 0. The normalized spacial score (nSPS) is 18.1. The Hall–Kier alpha value is -0.340. The molecule has 2 heteroatoms. The number of hydrogen-bond acceptors (Lipinski definition) is 2. The number of hydrogen-bond donors (Lipinski definition) is 1. The van der Waals surface area contributed by atoms with Crippen LogP contribution in [0.3, 0.4) is 0 Å². The molecule has 14 heavy (non-hydrogen) atoms. The fraction of sp³-hybridized carbons (Fsp3) is 0.833. The van der Waals surface area contributed by atoms with E-state index in [2.05, 4.69) is 18.8 Å². The van der Waals surface area contributed by atoms with E-state index in [-0.39, 0.29) is 0 Å². The van der Waals surface area contributed by atoms with Gasteiger partial charge in [-0.15, -0.1) is 6.58 Å². The van der Waals surface area contributed by atoms with Gasteiger partial charge in [-0.1, -0.05) is 6.08 Å². The molecule has 0 saturated heterocycles. The maximum Gasteiger partial charge on any atom is 0.0547 e. The van der Waals surface area contributed by atoms with Crippen LogP contribution in [-0.4, -0.2) is 25.3 Å². The second kappa shape index (κ2) is 7.02. The highest BCUT2D eigenvalue weighted by atomic mass is 16.5. The van der Waals surface area contributed by atoms with E-state index >= 15 is 0 Å². The molecule has 0 aromatic rings. The molecule has 0 aromatic carbocycles. The number of rotatable bonds is 9. The van der Waals surface area contributed by atoms with Crippen molar-refractivity contribution in [2.24, 2.45) is 0 Å². The summed E-state index contributed by atoms with van der Waals surface area (Å²) in [5, 5.41) is 3.51. The quantitative estimate of drug-likeness (QED) is 0.453. The molecule has 0 aliphatic heterocycles. The average molecular weight is 197 g/mol. The first-order valence-electron chi connectivity index (χ1n) is 5.79. The van der Waals surface area contributed by atoms with Gasteiger partial charge in [-0.25, -0.2) is 0 Å². The van der Waals surface area contributed by atoms with Crippen LogP contribution in [-0.2, 0) is 4.74 Å². The monoisotopic (exact) mass is 197 g/mol. The second-order valence-electron chi connectivity index (χ2n) is 4.13. The van der Waals surface area contributed by atoms with Crippen LogP contribution in [0.25, 0.3) is 0 Å². The van der Waals surface area contributed by atoms with Crippen LogP contribution < -0.4 is 5.32 Å². The summed E-state index contributed by atoms with van der Waals surface area (Å²) in [7, 11) is 0. The third kappa shape index (κ3) is 6.17. The number of nitrogens with one attached hydrogen (secondary N) is 1. The van der Waals surface area contributed by atoms with E-state index in [1.54, 1.807) is 0 Å². The summed E-state index contributed by atoms with van der Waals surface area (Å²) in [6.07, 6.45) is 8.42. The zero-order valence-electron chi connectivity index (χ0n) is 9.30. The van der Waals surface area contributed by atoms with Crippen LogP contribution in [0.1, 0.15) is 39.0 Å². The predicted octanol–water partition coefficient (Wildman–Crippen LogP) is 2.50. The standard InChI is InChI=1S/C12H23NO/c1-3-4-10-14-11(2)6-5-9-13-12-7-8-12/h3,11-13H,1,4-10H2,2H3. The molecule has 0 radical (unpaired) electrons. The minimum absolute atomic E-state index is 0.399. The Bertz CT molecular complexity index is 154. The highest BCUT2D eigenvalue weighted by molar-refractivity contribution is 4.80. The van der Waals surface area contributed by atoms with E-state index < -0.39 is 0 Å². The van der Waals surface area contributed by atoms with Crippen LogP contribution in [0, 0.1) is 0 Å². The third-order valence-corrected chi connectivity index (χ3v) is 2.52. The molecular weight excluding hydrogens is 174 g/mol. The van der Waals surface area contributed by atoms with Crippen molar-refractivity contribution in [2.45, 2.75) is 51.2 Å². The molecule has 1 N–H and O–H groups in total. The largest absolute Gasteiger partial charge is 0.378 e. The lowest BCUT2D eigenvalue weighted by Gasteiger charge is -2.12. The smallest absolute Gasteiger partial charge is 0.0547 e. The van der Waals surface area contributed by atoms with Crippen molar-refractivity contribution in [1.82, 2.24) is 5.32 Å². The Labute approximate surface area is 87.7 Å². The SMILES string of the molecule is C=CCCOC(C)CCCNC1CC1. The molecule has 0 amide bonds. The van der Waals surface area contributed by atoms with E-state index in [0.717, 1.165) is 32.0 Å². The van der Waals surface area contributed by atoms with E-state index in [1.807, 2.05) is 6.08 Å². The van der Waals surface area contributed by atoms with Crippen molar-refractivity contribution >= 4 is 0 Å². The first-order chi connectivity index (χ1) is 6.83. The van der Waals surface area contributed by atoms with Gasteiger partial charge in [0.2, 0.25) is 0 Å². The van der Waals surface area contributed by atoms with Crippen molar-refractivity contribution in [3.8, 4) is 0 Å². The fourth-order valence-electron chi connectivity index (χ4n) is 1.42. The van der Waals surface area contributed by atoms with Gasteiger partial charge in [-0.2, -0.15) is 0 Å². The molecule has 0 spiro atoms. The highest BCUT2D eigenvalue weighted by Crippen LogP contribution is 2.18. The second-order valence-corrected chi connectivity index (χ2v) is 4.13. The Morgan fingerprint density at radius 3 is 3.00 bits per heavy atom. The van der Waals surface area contributed by atoms with Crippen LogP contribution in [0.2, 0.25) is 0 Å². The van der Waals surface area contributed by atoms with Gasteiger partial charge in [0.1, 0.15) is 0 Å². The maximum absolute atomic E-state index is 5.61. The van der Waals surface area contributed by atoms with E-state index in [1.165, 1.54) is 19.3 Å². The minimum Gasteiger partial charge on any atom is -0.378 e. The van der Waals surface area contributed by atoms with Gasteiger partial charge in [0.05, 0.1) is 12.7 Å². The third-order valence-electron chi connectivity index (χ3n) is 2.52. The summed E-state index contributed by atoms with van der Waals surface area (Å²) < 4.78 is 5.61. The minimum atomic E-state index is 0.399. The Kier molecular flexibility index (Phi) is 5.88. The molecule has 1 unspecified atom stereocenters. The molecule has 1 saturated carbocycles. The fourth-order valence-corrected chi connectivity index (χ4v) is 1.42. The van der Waals surface area contributed by atoms with Crippen molar-refractivity contribution < 1.29 is 4.74 Å². The van der Waals surface area contributed by atoms with Crippen LogP contribution in [0.4, 0.5) is 0 Å². The molecule has 0 aromatic heterocycles. The number of ether oxygens (including phenoxy) is 1. The molecule has 0 heterocycles. The molecule has 1 aliphatic rings. The van der Waals surface area contributed by atoms with Crippen molar-refractivity contribution in [3.63, 3.8) is 0 Å². The summed E-state index contributed by atoms with van der Waals surface area (Å²) in [6, 6.07) is 0.840. The van der Waals surface area contributed by atoms with Gasteiger partial charge < -0.3 is 10.1 Å². The van der Waals surface area contributed by atoms with E-state index in [9.17, 15) is 0 Å². The molecule has 2 nitrogen and oxygen atoms in total. The summed E-state index contributed by atoms with van der Waals surface area (Å²) in [5.74, 6) is 0. The van der Waals surface area contributed by atoms with Crippen LogP contribution >= 0.6 is 0 Å². The molecular formula is C12H23NO. The van der Waals surface area contributed by atoms with Crippen LogP contribution in [0.5, 0.6) is 0 Å². The lowest BCUT2D eigenvalue weighted by atomic mass is 10.2. The summed E-state index contributed by atoms with van der Waals surface area (Å²) in [6.45, 7) is 7.80. The van der Waals surface area contributed by atoms with E-state index in [0.29, 0.717) is 6.10 Å². The van der Waals surface area contributed by atoms with Gasteiger partial charge in [0.15, 0.2) is 0 Å². The lowest BCUT2D eigenvalue weighted by molar-refractivity contribution is 0.0623. The molecule has 0 bridgehead atoms. The van der Waals surface area contributed by atoms with Crippen molar-refractivity contribution in [3.05, 3.63) is 12.7 Å². The van der Waals surface area contributed by atoms with Gasteiger partial charge in [-0.3, -0.25) is 0 Å².